The highest BCUT2D eigenvalue weighted by atomic mass is 35.5. The Kier molecular flexibility index (Phi) is 5.18. The maximum absolute atomic E-state index is 12.7. The number of carbonyl (C=O) groups excluding carboxylic acids is 1. The van der Waals surface area contributed by atoms with E-state index >= 15 is 0 Å². The molecule has 0 saturated carbocycles. The molecular formula is C20H24ClN5O. The van der Waals surface area contributed by atoms with Gasteiger partial charge in [0.25, 0.3) is 0 Å². The fourth-order valence-corrected chi connectivity index (χ4v) is 3.86. The zero-order chi connectivity index (χ0) is 18.8. The molecule has 2 aliphatic rings. The van der Waals surface area contributed by atoms with Crippen LogP contribution in [0.15, 0.2) is 36.5 Å². The van der Waals surface area contributed by atoms with Crippen molar-refractivity contribution in [1.82, 2.24) is 15.2 Å². The minimum absolute atomic E-state index is 0.00416. The van der Waals surface area contributed by atoms with Gasteiger partial charge in [-0.15, -0.1) is 0 Å². The van der Waals surface area contributed by atoms with E-state index in [4.69, 9.17) is 11.6 Å². The van der Waals surface area contributed by atoms with Crippen LogP contribution >= 0.6 is 11.6 Å². The van der Waals surface area contributed by atoms with E-state index < -0.39 is 0 Å². The molecule has 2 N–H and O–H groups in total. The molecule has 27 heavy (non-hydrogen) atoms. The summed E-state index contributed by atoms with van der Waals surface area (Å²) in [5.41, 5.74) is 3.12. The number of nitrogens with one attached hydrogen (secondary N) is 2. The van der Waals surface area contributed by atoms with Gasteiger partial charge in [0, 0.05) is 61.6 Å². The summed E-state index contributed by atoms with van der Waals surface area (Å²) in [5, 5.41) is 7.04. The second-order valence-corrected chi connectivity index (χ2v) is 7.63. The van der Waals surface area contributed by atoms with Crippen molar-refractivity contribution in [1.29, 1.82) is 0 Å². The largest absolute Gasteiger partial charge is 0.373 e. The summed E-state index contributed by atoms with van der Waals surface area (Å²) in [4.78, 5) is 21.8. The van der Waals surface area contributed by atoms with Gasteiger partial charge in [-0.05, 0) is 36.9 Å². The SMILES string of the molecule is CN1CCN(c2ncccc2CNC(=O)[C@H]2Cc3cc(Cl)ccc3N2)CC1. The summed E-state index contributed by atoms with van der Waals surface area (Å²) in [5.74, 6) is 0.968. The fraction of sp³-hybridized carbons (Fsp3) is 0.400. The lowest BCUT2D eigenvalue weighted by molar-refractivity contribution is -0.121. The van der Waals surface area contributed by atoms with Crippen molar-refractivity contribution in [3.63, 3.8) is 0 Å². The van der Waals surface area contributed by atoms with Crippen LogP contribution < -0.4 is 15.5 Å². The molecule has 0 unspecified atom stereocenters. The zero-order valence-electron chi connectivity index (χ0n) is 15.4. The third-order valence-corrected chi connectivity index (χ3v) is 5.50. The second kappa shape index (κ2) is 7.74. The number of pyridine rings is 1. The van der Waals surface area contributed by atoms with Crippen molar-refractivity contribution >= 4 is 29.0 Å². The summed E-state index contributed by atoms with van der Waals surface area (Å²) in [7, 11) is 2.14. The monoisotopic (exact) mass is 385 g/mol. The van der Waals surface area contributed by atoms with Crippen LogP contribution in [0.3, 0.4) is 0 Å². The number of aromatic nitrogens is 1. The Labute approximate surface area is 164 Å². The molecule has 2 aliphatic heterocycles. The van der Waals surface area contributed by atoms with E-state index in [0.29, 0.717) is 18.0 Å². The van der Waals surface area contributed by atoms with Crippen molar-refractivity contribution in [2.24, 2.45) is 0 Å². The number of nitrogens with zero attached hydrogens (tertiary/aromatic N) is 3. The first kappa shape index (κ1) is 18.1. The Bertz CT molecular complexity index is 835. The number of rotatable bonds is 4. The van der Waals surface area contributed by atoms with Gasteiger partial charge < -0.3 is 20.4 Å². The van der Waals surface area contributed by atoms with Crippen molar-refractivity contribution in [3.8, 4) is 0 Å². The van der Waals surface area contributed by atoms with Crippen LogP contribution in [0.4, 0.5) is 11.5 Å². The van der Waals surface area contributed by atoms with E-state index in [9.17, 15) is 4.79 Å². The Hall–Kier alpha value is -2.31. The smallest absolute Gasteiger partial charge is 0.243 e. The maximum Gasteiger partial charge on any atom is 0.243 e. The first-order valence-corrected chi connectivity index (χ1v) is 9.68. The first-order valence-electron chi connectivity index (χ1n) is 9.30. The molecule has 4 rings (SSSR count). The topological polar surface area (TPSA) is 60.5 Å². The molecule has 0 radical (unpaired) electrons. The van der Waals surface area contributed by atoms with E-state index in [1.807, 2.05) is 36.5 Å². The molecule has 0 bridgehead atoms. The van der Waals surface area contributed by atoms with Crippen LogP contribution in [0.1, 0.15) is 11.1 Å². The maximum atomic E-state index is 12.7. The number of hydrogen-bond donors (Lipinski definition) is 2. The number of halogens is 1. The van der Waals surface area contributed by atoms with E-state index in [1.54, 1.807) is 0 Å². The molecule has 1 saturated heterocycles. The molecule has 6 nitrogen and oxygen atoms in total. The molecule has 7 heteroatoms. The van der Waals surface area contributed by atoms with Gasteiger partial charge in [-0.1, -0.05) is 17.7 Å². The standard InChI is InChI=1S/C20H24ClN5O/c1-25-7-9-26(10-8-25)19-14(3-2-6-22-19)13-23-20(27)18-12-15-11-16(21)4-5-17(15)24-18/h2-6,11,18,24H,7-10,12-13H2,1H3,(H,23,27)/t18-/m1/s1. The highest BCUT2D eigenvalue weighted by Gasteiger charge is 2.27. The molecule has 0 spiro atoms. The van der Waals surface area contributed by atoms with Crippen LogP contribution in [-0.2, 0) is 17.8 Å². The Morgan fingerprint density at radius 1 is 1.30 bits per heavy atom. The van der Waals surface area contributed by atoms with Crippen molar-refractivity contribution < 1.29 is 4.79 Å². The lowest BCUT2D eigenvalue weighted by Crippen LogP contribution is -2.45. The van der Waals surface area contributed by atoms with Crippen LogP contribution in [0.2, 0.25) is 5.02 Å². The molecule has 1 aromatic carbocycles. The molecule has 142 valence electrons. The summed E-state index contributed by atoms with van der Waals surface area (Å²) < 4.78 is 0. The van der Waals surface area contributed by atoms with Crippen LogP contribution in [0.25, 0.3) is 0 Å². The van der Waals surface area contributed by atoms with Crippen molar-refractivity contribution in [2.45, 2.75) is 19.0 Å². The van der Waals surface area contributed by atoms with Gasteiger partial charge in [-0.3, -0.25) is 4.79 Å². The van der Waals surface area contributed by atoms with Gasteiger partial charge in [-0.2, -0.15) is 0 Å². The quantitative estimate of drug-likeness (QED) is 0.844. The van der Waals surface area contributed by atoms with Gasteiger partial charge in [0.15, 0.2) is 0 Å². The number of amides is 1. The molecule has 0 aliphatic carbocycles. The highest BCUT2D eigenvalue weighted by Crippen LogP contribution is 2.28. The summed E-state index contributed by atoms with van der Waals surface area (Å²) in [6, 6.07) is 9.39. The fourth-order valence-electron chi connectivity index (χ4n) is 3.67. The molecule has 3 heterocycles. The number of fused-ring (bicyclic) bond motifs is 1. The van der Waals surface area contributed by atoms with E-state index in [1.165, 1.54) is 0 Å². The average Bonchev–Trinajstić information content (AvgIpc) is 3.10. The van der Waals surface area contributed by atoms with E-state index in [0.717, 1.165) is 48.8 Å². The highest BCUT2D eigenvalue weighted by molar-refractivity contribution is 6.30. The Balaban J connectivity index is 1.39. The van der Waals surface area contributed by atoms with E-state index in [-0.39, 0.29) is 11.9 Å². The number of benzene rings is 1. The summed E-state index contributed by atoms with van der Waals surface area (Å²) in [6.07, 6.45) is 2.47. The summed E-state index contributed by atoms with van der Waals surface area (Å²) >= 11 is 6.05. The van der Waals surface area contributed by atoms with Gasteiger partial charge >= 0.3 is 0 Å². The minimum Gasteiger partial charge on any atom is -0.373 e. The van der Waals surface area contributed by atoms with Crippen LogP contribution in [0.5, 0.6) is 0 Å². The normalized spacial score (nSPS) is 19.5. The number of piperazine rings is 1. The van der Waals surface area contributed by atoms with Crippen molar-refractivity contribution in [3.05, 3.63) is 52.7 Å². The number of carbonyl (C=O) groups is 1. The van der Waals surface area contributed by atoms with Gasteiger partial charge in [0.1, 0.15) is 11.9 Å². The lowest BCUT2D eigenvalue weighted by atomic mass is 10.1. The Morgan fingerprint density at radius 3 is 2.93 bits per heavy atom. The molecule has 1 amide bonds. The third kappa shape index (κ3) is 4.01. The lowest BCUT2D eigenvalue weighted by Gasteiger charge is -2.34. The molecule has 2 aromatic rings. The number of anilines is 2. The number of likely N-dealkylation sites (N-methyl/N-ethyl adjacent to an activating group) is 1. The number of hydrogen-bond acceptors (Lipinski definition) is 5. The van der Waals surface area contributed by atoms with Gasteiger partial charge in [0.05, 0.1) is 0 Å². The van der Waals surface area contributed by atoms with Crippen molar-refractivity contribution in [2.75, 3.05) is 43.4 Å². The molecular weight excluding hydrogens is 362 g/mol. The average molecular weight is 386 g/mol. The Morgan fingerprint density at radius 2 is 2.11 bits per heavy atom. The predicted molar refractivity (Wildman–Crippen MR) is 108 cm³/mol. The zero-order valence-corrected chi connectivity index (χ0v) is 16.2. The summed E-state index contributed by atoms with van der Waals surface area (Å²) in [6.45, 7) is 4.43. The molecule has 1 atom stereocenters. The molecule has 1 aromatic heterocycles. The van der Waals surface area contributed by atoms with Gasteiger partial charge in [-0.25, -0.2) is 4.98 Å². The second-order valence-electron chi connectivity index (χ2n) is 7.20. The third-order valence-electron chi connectivity index (χ3n) is 5.26. The van der Waals surface area contributed by atoms with E-state index in [2.05, 4.69) is 32.5 Å². The minimum atomic E-state index is -0.262. The van der Waals surface area contributed by atoms with Crippen LogP contribution in [-0.4, -0.2) is 55.1 Å². The van der Waals surface area contributed by atoms with Crippen LogP contribution in [0, 0.1) is 0 Å². The van der Waals surface area contributed by atoms with Gasteiger partial charge in [0.2, 0.25) is 5.91 Å². The predicted octanol–water partition coefficient (Wildman–Crippen LogP) is 2.14. The molecule has 1 fully saturated rings. The first-order chi connectivity index (χ1) is 13.1.